The smallest absolute Gasteiger partial charge is 0.334 e. The van der Waals surface area contributed by atoms with Gasteiger partial charge in [-0.1, -0.05) is 0 Å². The molecule has 10 heteroatoms. The van der Waals surface area contributed by atoms with Gasteiger partial charge in [-0.05, 0) is 33.4 Å². The molecule has 1 aliphatic heterocycles. The lowest BCUT2D eigenvalue weighted by Gasteiger charge is -2.23. The monoisotopic (exact) mass is 388 g/mol. The number of unbranched alkanes of at least 4 members (excludes halogenated alkanes) is 1. The van der Waals surface area contributed by atoms with Crippen LogP contribution in [0.3, 0.4) is 0 Å². The Kier molecular flexibility index (Phi) is 9.41. The van der Waals surface area contributed by atoms with Crippen LogP contribution in [0, 0.1) is 0 Å². The molecule has 0 spiro atoms. The van der Waals surface area contributed by atoms with Crippen molar-refractivity contribution in [2.75, 3.05) is 27.2 Å². The molecule has 0 aliphatic carbocycles. The van der Waals surface area contributed by atoms with E-state index in [0.29, 0.717) is 18.0 Å². The number of nitrogens with zero attached hydrogens (tertiary/aromatic N) is 2. The van der Waals surface area contributed by atoms with Gasteiger partial charge in [0.2, 0.25) is 11.8 Å². The average Bonchev–Trinajstić information content (AvgIpc) is 2.89. The highest BCUT2D eigenvalue weighted by atomic mass is 16.8. The van der Waals surface area contributed by atoms with Crippen molar-refractivity contribution in [3.05, 3.63) is 0 Å². The van der Waals surface area contributed by atoms with Crippen molar-refractivity contribution in [2.45, 2.75) is 51.5 Å². The molecule has 152 valence electrons. The third-order valence-corrected chi connectivity index (χ3v) is 4.03. The molecule has 1 rings (SSSR count). The number of carbonyl (C=O) groups is 5. The normalized spacial score (nSPS) is 15.0. The highest BCUT2D eigenvalue weighted by Crippen LogP contribution is 2.12. The molecule has 1 aliphatic rings. The van der Waals surface area contributed by atoms with Gasteiger partial charge in [0.1, 0.15) is 0 Å². The van der Waals surface area contributed by atoms with Crippen LogP contribution in [0.5, 0.6) is 0 Å². The topological polar surface area (TPSA) is 125 Å². The van der Waals surface area contributed by atoms with Gasteiger partial charge in [-0.2, -0.15) is 0 Å². The lowest BCUT2D eigenvalue weighted by Crippen LogP contribution is -2.44. The number of imide groups is 1. The minimum atomic E-state index is -0.754. The lowest BCUT2D eigenvalue weighted by molar-refractivity contribution is -0.197. The Balaban J connectivity index is 2.30. The van der Waals surface area contributed by atoms with Crippen molar-refractivity contribution in [1.29, 1.82) is 0 Å². The number of rotatable bonds is 11. The van der Waals surface area contributed by atoms with Gasteiger partial charge < -0.3 is 15.5 Å². The van der Waals surface area contributed by atoms with Crippen molar-refractivity contribution in [1.82, 2.24) is 20.6 Å². The summed E-state index contributed by atoms with van der Waals surface area (Å²) in [4.78, 5) is 64.1. The van der Waals surface area contributed by atoms with Crippen LogP contribution >= 0.6 is 0 Å². The molecule has 0 bridgehead atoms. The number of nitrogens with one attached hydrogen (secondary N) is 2. The van der Waals surface area contributed by atoms with Gasteiger partial charge in [0.25, 0.3) is 11.8 Å². The van der Waals surface area contributed by atoms with Crippen LogP contribution in [0.4, 0.5) is 0 Å². The summed E-state index contributed by atoms with van der Waals surface area (Å²) in [5, 5.41) is 5.85. The number of hydroxylamine groups is 2. The third kappa shape index (κ3) is 8.16. The molecule has 0 radical (unpaired) electrons. The van der Waals surface area contributed by atoms with Crippen LogP contribution in [0.25, 0.3) is 0 Å². The molecule has 2 N–H and O–H groups in total. The fraction of sp³-hybridized carbons (Fsp3) is 0.706. The second kappa shape index (κ2) is 11.3. The van der Waals surface area contributed by atoms with E-state index in [-0.39, 0.29) is 43.7 Å². The number of likely N-dealkylation sites (N-methyl/N-ethyl adjacent to an activating group) is 1. The molecular formula is C17H28N4O6. The largest absolute Gasteiger partial charge is 0.356 e. The molecular weight excluding hydrogens is 360 g/mol. The highest BCUT2D eigenvalue weighted by Gasteiger charge is 2.32. The highest BCUT2D eigenvalue weighted by molar-refractivity contribution is 6.01. The molecule has 10 nitrogen and oxygen atoms in total. The van der Waals surface area contributed by atoms with Crippen molar-refractivity contribution < 1.29 is 28.8 Å². The maximum Gasteiger partial charge on any atom is 0.334 e. The zero-order valence-electron chi connectivity index (χ0n) is 16.1. The van der Waals surface area contributed by atoms with Crippen LogP contribution in [0.2, 0.25) is 0 Å². The summed E-state index contributed by atoms with van der Waals surface area (Å²) in [6.07, 6.45) is 2.06. The summed E-state index contributed by atoms with van der Waals surface area (Å²) in [7, 11) is 3.58. The van der Waals surface area contributed by atoms with Crippen LogP contribution in [0.1, 0.15) is 45.4 Å². The van der Waals surface area contributed by atoms with Gasteiger partial charge in [-0.15, -0.1) is 5.06 Å². The molecule has 1 atom stereocenters. The minimum Gasteiger partial charge on any atom is -0.356 e. The Bertz CT molecular complexity index is 562. The van der Waals surface area contributed by atoms with Gasteiger partial charge in [-0.25, -0.2) is 4.79 Å². The van der Waals surface area contributed by atoms with E-state index in [1.54, 1.807) is 19.0 Å². The zero-order chi connectivity index (χ0) is 20.4. The Morgan fingerprint density at radius 2 is 1.70 bits per heavy atom. The predicted octanol–water partition coefficient (Wildman–Crippen LogP) is -0.663. The van der Waals surface area contributed by atoms with Crippen LogP contribution in [0.15, 0.2) is 0 Å². The lowest BCUT2D eigenvalue weighted by atomic mass is 10.1. The second-order valence-corrected chi connectivity index (χ2v) is 6.54. The van der Waals surface area contributed by atoms with Crippen LogP contribution in [-0.4, -0.2) is 72.8 Å². The Hall–Kier alpha value is -2.49. The SMILES string of the molecule is CN(C)C(CCCCNC([13CH3])=O)C(=O)[15NH]C[13CH2][13C](=O)ON1C(=O)CCC1=O. The van der Waals surface area contributed by atoms with Gasteiger partial charge >= 0.3 is 5.97 Å². The number of amides is 4. The van der Waals surface area contributed by atoms with E-state index in [1.807, 2.05) is 0 Å². The Labute approximate surface area is 158 Å². The molecule has 1 saturated heterocycles. The maximum absolute atomic E-state index is 12.3. The molecule has 0 aromatic rings. The van der Waals surface area contributed by atoms with E-state index in [0.717, 1.165) is 12.8 Å². The summed E-state index contributed by atoms with van der Waals surface area (Å²) in [5.41, 5.74) is 0. The van der Waals surface area contributed by atoms with Crippen LogP contribution in [-0.2, 0) is 28.8 Å². The Morgan fingerprint density at radius 1 is 1.07 bits per heavy atom. The van der Waals surface area contributed by atoms with E-state index in [2.05, 4.69) is 10.6 Å². The van der Waals surface area contributed by atoms with E-state index in [4.69, 9.17) is 4.84 Å². The predicted molar refractivity (Wildman–Crippen MR) is 94.8 cm³/mol. The fourth-order valence-electron chi connectivity index (χ4n) is 2.56. The van der Waals surface area contributed by atoms with Gasteiger partial charge in [0.15, 0.2) is 0 Å². The molecule has 1 fully saturated rings. The fourth-order valence-corrected chi connectivity index (χ4v) is 2.56. The first-order valence-corrected chi connectivity index (χ1v) is 8.97. The molecule has 27 heavy (non-hydrogen) atoms. The summed E-state index contributed by atoms with van der Waals surface area (Å²) in [6.45, 7) is 2.07. The molecule has 0 aromatic heterocycles. The van der Waals surface area contributed by atoms with Crippen molar-refractivity contribution in [3.8, 4) is 0 Å². The van der Waals surface area contributed by atoms with E-state index >= 15 is 0 Å². The first-order valence-electron chi connectivity index (χ1n) is 8.97. The van der Waals surface area contributed by atoms with Crippen LogP contribution < -0.4 is 10.6 Å². The summed E-state index contributed by atoms with van der Waals surface area (Å²) < 4.78 is 0. The summed E-state index contributed by atoms with van der Waals surface area (Å²) >= 11 is 0. The second-order valence-electron chi connectivity index (χ2n) is 6.54. The first kappa shape index (κ1) is 22.6. The maximum atomic E-state index is 12.3. The zero-order valence-corrected chi connectivity index (χ0v) is 16.1. The first-order chi connectivity index (χ1) is 12.7. The van der Waals surface area contributed by atoms with E-state index in [1.165, 1.54) is 6.92 Å². The number of carbonyl (C=O) groups excluding carboxylic acids is 5. The van der Waals surface area contributed by atoms with Crippen molar-refractivity contribution in [2.24, 2.45) is 0 Å². The summed E-state index contributed by atoms with van der Waals surface area (Å²) in [6, 6.07) is -0.361. The standard InChI is InChI=1S/C17H28N4O6/c1-12(22)18-10-5-4-6-13(20(2)3)17(26)19-11-9-16(25)27-21-14(23)7-8-15(21)24/h13H,4-11H2,1-3H3,(H,18,22)(H,19,26)/i1+1,9+1,16+1,19+1. The molecule has 1 unspecified atom stereocenters. The molecule has 1 heterocycles. The number of hydrogen-bond donors (Lipinski definition) is 2. The van der Waals surface area contributed by atoms with E-state index < -0.39 is 17.8 Å². The summed E-state index contributed by atoms with van der Waals surface area (Å²) in [5.74, 6) is -2.13. The molecule has 0 aromatic carbocycles. The Morgan fingerprint density at radius 3 is 2.26 bits per heavy atom. The van der Waals surface area contributed by atoms with Gasteiger partial charge in [0.05, 0.1) is 12.5 Å². The molecule has 4 amide bonds. The third-order valence-electron chi connectivity index (χ3n) is 4.03. The number of hydrogen-bond acceptors (Lipinski definition) is 7. The van der Waals surface area contributed by atoms with E-state index in [9.17, 15) is 24.0 Å². The van der Waals surface area contributed by atoms with Gasteiger partial charge in [-0.3, -0.25) is 24.1 Å². The van der Waals surface area contributed by atoms with Crippen molar-refractivity contribution >= 4 is 29.6 Å². The van der Waals surface area contributed by atoms with Crippen molar-refractivity contribution in [3.63, 3.8) is 0 Å². The minimum absolute atomic E-state index is 0.0370. The quantitative estimate of drug-likeness (QED) is 0.208. The van der Waals surface area contributed by atoms with Gasteiger partial charge in [0, 0.05) is 32.9 Å². The molecule has 0 saturated carbocycles. The average molecular weight is 388 g/mol.